The molecular weight excluding hydrogens is 214 g/mol. The van der Waals surface area contributed by atoms with Gasteiger partial charge < -0.3 is 15.0 Å². The molecule has 1 atom stereocenters. The van der Waals surface area contributed by atoms with Gasteiger partial charge >= 0.3 is 0 Å². The molecular formula is C13H15N3O. The first-order chi connectivity index (χ1) is 8.38. The van der Waals surface area contributed by atoms with E-state index in [4.69, 9.17) is 4.74 Å². The average molecular weight is 229 g/mol. The summed E-state index contributed by atoms with van der Waals surface area (Å²) in [6.45, 7) is 0.978. The molecule has 0 bridgehead atoms. The number of aromatic nitrogens is 2. The van der Waals surface area contributed by atoms with E-state index in [0.717, 1.165) is 24.4 Å². The first-order valence-electron chi connectivity index (χ1n) is 5.78. The molecule has 0 saturated heterocycles. The van der Waals surface area contributed by atoms with Crippen LogP contribution in [0, 0.1) is 0 Å². The molecule has 2 aromatic rings. The molecule has 0 aliphatic carbocycles. The van der Waals surface area contributed by atoms with Crippen molar-refractivity contribution in [3.05, 3.63) is 47.5 Å². The number of nitrogens with zero attached hydrogens (tertiary/aromatic N) is 1. The average Bonchev–Trinajstić information content (AvgIpc) is 2.87. The summed E-state index contributed by atoms with van der Waals surface area (Å²) in [5, 5.41) is 3.49. The maximum atomic E-state index is 5.17. The van der Waals surface area contributed by atoms with Gasteiger partial charge in [-0.2, -0.15) is 0 Å². The number of rotatable bonds is 2. The Kier molecular flexibility index (Phi) is 2.57. The summed E-state index contributed by atoms with van der Waals surface area (Å²) in [7, 11) is 1.68. The molecule has 0 unspecified atom stereocenters. The maximum Gasteiger partial charge on any atom is 0.118 e. The van der Waals surface area contributed by atoms with Crippen LogP contribution < -0.4 is 10.1 Å². The SMILES string of the molecule is COc1ccc([C@H]2NCCc3[nH]cnc32)cc1. The molecule has 0 amide bonds. The smallest absolute Gasteiger partial charge is 0.118 e. The van der Waals surface area contributed by atoms with Crippen LogP contribution in [-0.2, 0) is 6.42 Å². The topological polar surface area (TPSA) is 49.9 Å². The summed E-state index contributed by atoms with van der Waals surface area (Å²) in [5.74, 6) is 0.881. The first-order valence-corrected chi connectivity index (χ1v) is 5.78. The molecule has 1 aromatic heterocycles. The van der Waals surface area contributed by atoms with Crippen LogP contribution in [0.15, 0.2) is 30.6 Å². The van der Waals surface area contributed by atoms with E-state index in [9.17, 15) is 0 Å². The lowest BCUT2D eigenvalue weighted by atomic mass is 9.98. The maximum absolute atomic E-state index is 5.17. The van der Waals surface area contributed by atoms with Gasteiger partial charge in [0.25, 0.3) is 0 Å². The predicted octanol–water partition coefficient (Wildman–Crippen LogP) is 1.65. The number of benzene rings is 1. The number of hydrogen-bond acceptors (Lipinski definition) is 3. The van der Waals surface area contributed by atoms with Gasteiger partial charge in [-0.1, -0.05) is 12.1 Å². The van der Waals surface area contributed by atoms with Crippen LogP contribution in [0.5, 0.6) is 5.75 Å². The van der Waals surface area contributed by atoms with Crippen LogP contribution in [0.4, 0.5) is 0 Å². The van der Waals surface area contributed by atoms with Crippen molar-refractivity contribution in [2.75, 3.05) is 13.7 Å². The van der Waals surface area contributed by atoms with Gasteiger partial charge in [0.15, 0.2) is 0 Å². The van der Waals surface area contributed by atoms with E-state index in [-0.39, 0.29) is 6.04 Å². The molecule has 0 radical (unpaired) electrons. The van der Waals surface area contributed by atoms with Crippen molar-refractivity contribution in [3.63, 3.8) is 0 Å². The van der Waals surface area contributed by atoms with Gasteiger partial charge in [0.05, 0.1) is 25.2 Å². The summed E-state index contributed by atoms with van der Waals surface area (Å²) < 4.78 is 5.17. The zero-order chi connectivity index (χ0) is 11.7. The summed E-state index contributed by atoms with van der Waals surface area (Å²) in [4.78, 5) is 7.61. The molecule has 2 heterocycles. The highest BCUT2D eigenvalue weighted by atomic mass is 16.5. The minimum Gasteiger partial charge on any atom is -0.497 e. The highest BCUT2D eigenvalue weighted by Crippen LogP contribution is 2.27. The van der Waals surface area contributed by atoms with Gasteiger partial charge in [0, 0.05) is 18.7 Å². The van der Waals surface area contributed by atoms with E-state index < -0.39 is 0 Å². The van der Waals surface area contributed by atoms with Crippen molar-refractivity contribution in [1.29, 1.82) is 0 Å². The Morgan fingerprint density at radius 3 is 2.88 bits per heavy atom. The van der Waals surface area contributed by atoms with Crippen LogP contribution in [0.25, 0.3) is 0 Å². The zero-order valence-corrected chi connectivity index (χ0v) is 9.73. The zero-order valence-electron chi connectivity index (χ0n) is 9.73. The molecule has 0 fully saturated rings. The molecule has 1 aromatic carbocycles. The molecule has 17 heavy (non-hydrogen) atoms. The van der Waals surface area contributed by atoms with E-state index in [1.54, 1.807) is 13.4 Å². The number of H-pyrrole nitrogens is 1. The molecule has 2 N–H and O–H groups in total. The third-order valence-electron chi connectivity index (χ3n) is 3.20. The molecule has 4 heteroatoms. The van der Waals surface area contributed by atoms with Crippen molar-refractivity contribution in [1.82, 2.24) is 15.3 Å². The van der Waals surface area contributed by atoms with E-state index >= 15 is 0 Å². The predicted molar refractivity (Wildman–Crippen MR) is 65.1 cm³/mol. The monoisotopic (exact) mass is 229 g/mol. The number of imidazole rings is 1. The highest BCUT2D eigenvalue weighted by Gasteiger charge is 2.23. The Morgan fingerprint density at radius 1 is 1.29 bits per heavy atom. The Morgan fingerprint density at radius 2 is 2.12 bits per heavy atom. The molecule has 1 aliphatic rings. The van der Waals surface area contributed by atoms with Crippen molar-refractivity contribution < 1.29 is 4.74 Å². The van der Waals surface area contributed by atoms with Crippen molar-refractivity contribution >= 4 is 0 Å². The van der Waals surface area contributed by atoms with Gasteiger partial charge in [-0.25, -0.2) is 4.98 Å². The van der Waals surface area contributed by atoms with Crippen LogP contribution in [0.2, 0.25) is 0 Å². The molecule has 0 spiro atoms. The lowest BCUT2D eigenvalue weighted by Crippen LogP contribution is -2.30. The second-order valence-corrected chi connectivity index (χ2v) is 4.18. The minimum atomic E-state index is 0.191. The van der Waals surface area contributed by atoms with Gasteiger partial charge in [-0.05, 0) is 17.7 Å². The van der Waals surface area contributed by atoms with Gasteiger partial charge in [-0.3, -0.25) is 0 Å². The van der Waals surface area contributed by atoms with Crippen molar-refractivity contribution in [3.8, 4) is 5.75 Å². The van der Waals surface area contributed by atoms with Crippen LogP contribution in [-0.4, -0.2) is 23.6 Å². The Labute approximate surface area is 100 Å². The van der Waals surface area contributed by atoms with Crippen molar-refractivity contribution in [2.24, 2.45) is 0 Å². The number of fused-ring (bicyclic) bond motifs is 1. The van der Waals surface area contributed by atoms with Crippen LogP contribution in [0.1, 0.15) is 23.0 Å². The second kappa shape index (κ2) is 4.22. The lowest BCUT2D eigenvalue weighted by molar-refractivity contribution is 0.414. The molecule has 1 aliphatic heterocycles. The number of methoxy groups -OCH3 is 1. The fourth-order valence-corrected chi connectivity index (χ4v) is 2.29. The van der Waals surface area contributed by atoms with Gasteiger partial charge in [0.1, 0.15) is 5.75 Å². The van der Waals surface area contributed by atoms with Gasteiger partial charge in [0.2, 0.25) is 0 Å². The number of ether oxygens (including phenoxy) is 1. The number of hydrogen-bond donors (Lipinski definition) is 2. The fraction of sp³-hybridized carbons (Fsp3) is 0.308. The van der Waals surface area contributed by atoms with E-state index in [0.29, 0.717) is 0 Å². The highest BCUT2D eigenvalue weighted by molar-refractivity contribution is 5.35. The second-order valence-electron chi connectivity index (χ2n) is 4.18. The minimum absolute atomic E-state index is 0.191. The van der Waals surface area contributed by atoms with Crippen LogP contribution in [0.3, 0.4) is 0 Å². The Balaban J connectivity index is 1.95. The van der Waals surface area contributed by atoms with Gasteiger partial charge in [-0.15, -0.1) is 0 Å². The molecule has 88 valence electrons. The largest absolute Gasteiger partial charge is 0.497 e. The lowest BCUT2D eigenvalue weighted by Gasteiger charge is -2.23. The third-order valence-corrected chi connectivity index (χ3v) is 3.20. The van der Waals surface area contributed by atoms with E-state index in [2.05, 4.69) is 27.4 Å². The van der Waals surface area contributed by atoms with E-state index in [1.165, 1.54) is 11.3 Å². The summed E-state index contributed by atoms with van der Waals surface area (Å²) in [6, 6.07) is 8.33. The van der Waals surface area contributed by atoms with Crippen LogP contribution >= 0.6 is 0 Å². The first kappa shape index (κ1) is 10.4. The number of aromatic amines is 1. The summed E-state index contributed by atoms with van der Waals surface area (Å²) in [6.07, 6.45) is 2.79. The van der Waals surface area contributed by atoms with E-state index in [1.807, 2.05) is 12.1 Å². The molecule has 4 nitrogen and oxygen atoms in total. The molecule has 3 rings (SSSR count). The normalized spacial score (nSPS) is 18.8. The number of nitrogens with one attached hydrogen (secondary N) is 2. The fourth-order valence-electron chi connectivity index (χ4n) is 2.29. The summed E-state index contributed by atoms with van der Waals surface area (Å²) >= 11 is 0. The quantitative estimate of drug-likeness (QED) is 0.823. The van der Waals surface area contributed by atoms with Crippen molar-refractivity contribution in [2.45, 2.75) is 12.5 Å². The summed E-state index contributed by atoms with van der Waals surface area (Å²) in [5.41, 5.74) is 3.57. The standard InChI is InChI=1S/C13H15N3O/c1-17-10-4-2-9(3-5-10)12-13-11(6-7-14-12)15-8-16-13/h2-5,8,12,14H,6-7H2,1H3,(H,15,16)/t12-/m1/s1. The molecule has 0 saturated carbocycles. The Hall–Kier alpha value is -1.81. The Bertz CT molecular complexity index is 504. The third kappa shape index (κ3) is 1.80.